The second-order valence-corrected chi connectivity index (χ2v) is 13.9. The van der Waals surface area contributed by atoms with Crippen LogP contribution in [0, 0.1) is 0 Å². The molecule has 11 heteroatoms. The van der Waals surface area contributed by atoms with Crippen molar-refractivity contribution in [2.75, 3.05) is 18.4 Å². The Kier molecular flexibility index (Phi) is 8.38. The van der Waals surface area contributed by atoms with E-state index in [0.717, 1.165) is 28.0 Å². The molecule has 3 N–H and O–H groups in total. The lowest BCUT2D eigenvalue weighted by Crippen LogP contribution is -2.61. The number of amides is 2. The highest BCUT2D eigenvalue weighted by Gasteiger charge is 2.36. The minimum atomic E-state index is -0.560. The summed E-state index contributed by atoms with van der Waals surface area (Å²) in [5.41, 5.74) is 2.51. The van der Waals surface area contributed by atoms with Crippen molar-refractivity contribution in [3.05, 3.63) is 39.9 Å². The van der Waals surface area contributed by atoms with Crippen molar-refractivity contribution in [1.82, 2.24) is 30.0 Å². The van der Waals surface area contributed by atoms with Crippen LogP contribution in [0.4, 0.5) is 10.6 Å². The number of fused-ring (bicyclic) bond motifs is 1. The highest BCUT2D eigenvalue weighted by molar-refractivity contribution is 6.32. The van der Waals surface area contributed by atoms with E-state index in [1.54, 1.807) is 4.90 Å². The van der Waals surface area contributed by atoms with Gasteiger partial charge in [-0.05, 0) is 63.6 Å². The molecule has 1 fully saturated rings. The smallest absolute Gasteiger partial charge is 0.410 e. The Balaban J connectivity index is 1.55. The van der Waals surface area contributed by atoms with E-state index >= 15 is 0 Å². The highest BCUT2D eigenvalue weighted by Crippen LogP contribution is 2.35. The molecule has 3 aromatic rings. The molecule has 0 atom stereocenters. The first kappa shape index (κ1) is 30.7. The van der Waals surface area contributed by atoms with E-state index in [9.17, 15) is 9.59 Å². The van der Waals surface area contributed by atoms with Crippen molar-refractivity contribution in [1.29, 1.82) is 0 Å². The van der Waals surface area contributed by atoms with E-state index in [2.05, 4.69) is 47.7 Å². The van der Waals surface area contributed by atoms with Crippen molar-refractivity contribution in [2.45, 2.75) is 105 Å². The summed E-state index contributed by atoms with van der Waals surface area (Å²) in [6, 6.07) is 3.84. The molecular formula is C30H44ClN7O3. The molecule has 1 aliphatic rings. The molecule has 41 heavy (non-hydrogen) atoms. The number of nitrogens with zero attached hydrogens (tertiary/aromatic N) is 4. The van der Waals surface area contributed by atoms with Gasteiger partial charge in [0.25, 0.3) is 5.91 Å². The van der Waals surface area contributed by atoms with Gasteiger partial charge in [-0.3, -0.25) is 9.89 Å². The average molecular weight is 586 g/mol. The first-order valence-corrected chi connectivity index (χ1v) is 14.7. The fourth-order valence-electron chi connectivity index (χ4n) is 5.02. The summed E-state index contributed by atoms with van der Waals surface area (Å²) in [5, 5.41) is 15.8. The average Bonchev–Trinajstić information content (AvgIpc) is 3.38. The van der Waals surface area contributed by atoms with Gasteiger partial charge in [-0.25, -0.2) is 9.78 Å². The molecule has 3 heterocycles. The number of likely N-dealkylation sites (tertiary alicyclic amines) is 1. The third kappa shape index (κ3) is 6.63. The zero-order valence-corrected chi connectivity index (χ0v) is 26.7. The number of H-pyrrole nitrogens is 1. The molecule has 1 aromatic carbocycles. The summed E-state index contributed by atoms with van der Waals surface area (Å²) in [5.74, 6) is 1.30. The zero-order valence-electron chi connectivity index (χ0n) is 25.9. The van der Waals surface area contributed by atoms with Gasteiger partial charge in [0.1, 0.15) is 17.1 Å². The monoisotopic (exact) mass is 585 g/mol. The molecule has 0 spiro atoms. The molecule has 10 nitrogen and oxygen atoms in total. The lowest BCUT2D eigenvalue weighted by atomic mass is 9.86. The Morgan fingerprint density at radius 1 is 1.12 bits per heavy atom. The molecule has 1 aliphatic heterocycles. The standard InChI is InChI=1S/C30H44ClN7O3/c1-16(2)24-25(27(39)33-18-14-37(15-18)28(40)41-30(8,9)10)38(17(3)4)23(34-24)13-32-26-19-11-20(29(5,6)7)21(31)12-22(19)35-36-26/h11-12,16-18H,13-15H2,1-10H3,(H,33,39)(H2,32,35,36). The molecular weight excluding hydrogens is 542 g/mol. The summed E-state index contributed by atoms with van der Waals surface area (Å²) >= 11 is 6.56. The molecule has 0 saturated carbocycles. The maximum atomic E-state index is 13.6. The van der Waals surface area contributed by atoms with E-state index in [0.29, 0.717) is 36.2 Å². The molecule has 0 aliphatic carbocycles. The number of benzene rings is 1. The van der Waals surface area contributed by atoms with Gasteiger partial charge in [-0.1, -0.05) is 46.2 Å². The van der Waals surface area contributed by atoms with Crippen LogP contribution in [0.1, 0.15) is 109 Å². The van der Waals surface area contributed by atoms with Gasteiger partial charge in [-0.2, -0.15) is 5.10 Å². The number of ether oxygens (including phenoxy) is 1. The summed E-state index contributed by atoms with van der Waals surface area (Å²) < 4.78 is 7.43. The topological polar surface area (TPSA) is 117 Å². The second kappa shape index (κ2) is 11.2. The van der Waals surface area contributed by atoms with E-state index in [-0.39, 0.29) is 35.4 Å². The number of imidazole rings is 1. The summed E-state index contributed by atoms with van der Waals surface area (Å²) in [6.07, 6.45) is -0.366. The third-order valence-corrected chi connectivity index (χ3v) is 7.34. The van der Waals surface area contributed by atoms with Crippen LogP contribution in [0.15, 0.2) is 12.1 Å². The number of halogens is 1. The highest BCUT2D eigenvalue weighted by atomic mass is 35.5. The molecule has 4 rings (SSSR count). The maximum absolute atomic E-state index is 13.6. The summed E-state index contributed by atoms with van der Waals surface area (Å²) in [6.45, 7) is 21.3. The van der Waals surface area contributed by atoms with Gasteiger partial charge in [0.15, 0.2) is 5.82 Å². The maximum Gasteiger partial charge on any atom is 0.410 e. The molecule has 2 aromatic heterocycles. The first-order valence-electron chi connectivity index (χ1n) is 14.3. The molecule has 0 unspecified atom stereocenters. The van der Waals surface area contributed by atoms with Gasteiger partial charge in [-0.15, -0.1) is 0 Å². The van der Waals surface area contributed by atoms with Gasteiger partial charge >= 0.3 is 6.09 Å². The van der Waals surface area contributed by atoms with Crippen LogP contribution in [0.3, 0.4) is 0 Å². The molecule has 0 bridgehead atoms. The van der Waals surface area contributed by atoms with Crippen molar-refractivity contribution >= 4 is 40.3 Å². The zero-order chi connectivity index (χ0) is 30.4. The van der Waals surface area contributed by atoms with Crippen LogP contribution >= 0.6 is 11.6 Å². The number of carbonyl (C=O) groups excluding carboxylic acids is 2. The number of aromatic nitrogens is 4. The number of carbonyl (C=O) groups is 2. The fraction of sp³-hybridized carbons (Fsp3) is 0.600. The van der Waals surface area contributed by atoms with Crippen LogP contribution < -0.4 is 10.6 Å². The third-order valence-electron chi connectivity index (χ3n) is 7.03. The Bertz CT molecular complexity index is 1440. The number of aromatic amines is 1. The van der Waals surface area contributed by atoms with Gasteiger partial charge in [0, 0.05) is 29.5 Å². The van der Waals surface area contributed by atoms with Crippen LogP contribution in [0.2, 0.25) is 5.02 Å². The SMILES string of the molecule is CC(C)c1nc(CNc2n[nH]c3cc(Cl)c(C(C)(C)C)cc23)n(C(C)C)c1C(=O)NC1CN(C(=O)OC(C)(C)C)C1. The summed E-state index contributed by atoms with van der Waals surface area (Å²) in [4.78, 5) is 32.5. The Hall–Kier alpha value is -3.27. The predicted molar refractivity (Wildman–Crippen MR) is 163 cm³/mol. The largest absolute Gasteiger partial charge is 0.444 e. The number of nitrogens with one attached hydrogen (secondary N) is 3. The van der Waals surface area contributed by atoms with Gasteiger partial charge < -0.3 is 24.8 Å². The molecule has 2 amide bonds. The Morgan fingerprint density at radius 3 is 2.34 bits per heavy atom. The van der Waals surface area contributed by atoms with Crippen molar-refractivity contribution in [2.24, 2.45) is 0 Å². The summed E-state index contributed by atoms with van der Waals surface area (Å²) in [7, 11) is 0. The number of anilines is 1. The molecule has 0 radical (unpaired) electrons. The van der Waals surface area contributed by atoms with Gasteiger partial charge in [0.2, 0.25) is 0 Å². The molecule has 1 saturated heterocycles. The van der Waals surface area contributed by atoms with Gasteiger partial charge in [0.05, 0.1) is 23.8 Å². The second-order valence-electron chi connectivity index (χ2n) is 13.5. The lowest BCUT2D eigenvalue weighted by Gasteiger charge is -2.40. The first-order chi connectivity index (χ1) is 19.0. The normalized spacial score (nSPS) is 14.6. The van der Waals surface area contributed by atoms with E-state index < -0.39 is 5.60 Å². The van der Waals surface area contributed by atoms with Crippen molar-refractivity contribution in [3.8, 4) is 0 Å². The Labute approximate surface area is 247 Å². The fourth-order valence-corrected chi connectivity index (χ4v) is 5.46. The van der Waals surface area contributed by atoms with E-state index in [4.69, 9.17) is 21.3 Å². The number of rotatable bonds is 7. The lowest BCUT2D eigenvalue weighted by molar-refractivity contribution is 0.00527. The Morgan fingerprint density at radius 2 is 1.78 bits per heavy atom. The van der Waals surface area contributed by atoms with Crippen LogP contribution in [0.5, 0.6) is 0 Å². The van der Waals surface area contributed by atoms with E-state index in [1.807, 2.05) is 59.1 Å². The quantitative estimate of drug-likeness (QED) is 0.296. The number of hydrogen-bond acceptors (Lipinski definition) is 6. The van der Waals surface area contributed by atoms with Crippen molar-refractivity contribution < 1.29 is 14.3 Å². The predicted octanol–water partition coefficient (Wildman–Crippen LogP) is 6.38. The van der Waals surface area contributed by atoms with E-state index in [1.165, 1.54) is 0 Å². The minimum Gasteiger partial charge on any atom is -0.444 e. The van der Waals surface area contributed by atoms with Crippen molar-refractivity contribution in [3.63, 3.8) is 0 Å². The number of hydrogen-bond donors (Lipinski definition) is 3. The van der Waals surface area contributed by atoms with Crippen LogP contribution in [-0.4, -0.2) is 61.4 Å². The van der Waals surface area contributed by atoms with Crippen LogP contribution in [0.25, 0.3) is 10.9 Å². The van der Waals surface area contributed by atoms with Crippen LogP contribution in [-0.2, 0) is 16.7 Å². The molecule has 224 valence electrons. The minimum absolute atomic E-state index is 0.00516.